The van der Waals surface area contributed by atoms with Crippen LogP contribution in [-0.2, 0) is 0 Å². The van der Waals surface area contributed by atoms with E-state index in [9.17, 15) is 0 Å². The molecule has 2 heterocycles. The number of aromatic nitrogens is 4. The van der Waals surface area contributed by atoms with Crippen LogP contribution in [0.4, 0.5) is 5.82 Å². The van der Waals surface area contributed by atoms with E-state index in [-0.39, 0.29) is 0 Å². The molecule has 0 aromatic carbocycles. The minimum atomic E-state index is 0.752. The van der Waals surface area contributed by atoms with Gasteiger partial charge in [-0.1, -0.05) is 11.3 Å². The van der Waals surface area contributed by atoms with Gasteiger partial charge in [-0.2, -0.15) is 0 Å². The molecule has 0 radical (unpaired) electrons. The lowest BCUT2D eigenvalue weighted by molar-refractivity contribution is 0.935. The van der Waals surface area contributed by atoms with Gasteiger partial charge in [-0.3, -0.25) is 0 Å². The van der Waals surface area contributed by atoms with Gasteiger partial charge in [0, 0.05) is 12.6 Å². The molecule has 84 valence electrons. The average molecular weight is 253 g/mol. The maximum atomic E-state index is 4.41. The monoisotopic (exact) mass is 253 g/mol. The van der Waals surface area contributed by atoms with E-state index in [1.165, 1.54) is 23.1 Å². The molecule has 7 heteroatoms. The first-order valence-corrected chi connectivity index (χ1v) is 6.37. The molecular formula is C9H11N5S2. The van der Waals surface area contributed by atoms with E-state index in [2.05, 4.69) is 25.5 Å². The molecule has 0 fully saturated rings. The Labute approximate surface area is 102 Å². The Morgan fingerprint density at radius 2 is 2.12 bits per heavy atom. The van der Waals surface area contributed by atoms with Gasteiger partial charge in [0.25, 0.3) is 0 Å². The molecule has 0 saturated carbocycles. The minimum absolute atomic E-state index is 0.752. The number of nitrogens with zero attached hydrogens (tertiary/aromatic N) is 4. The van der Waals surface area contributed by atoms with Crippen molar-refractivity contribution in [1.82, 2.24) is 20.2 Å². The number of nitrogens with one attached hydrogen (secondary N) is 1. The van der Waals surface area contributed by atoms with Gasteiger partial charge in [0.05, 0.1) is 0 Å². The van der Waals surface area contributed by atoms with Crippen LogP contribution in [0.25, 0.3) is 0 Å². The highest BCUT2D eigenvalue weighted by Crippen LogP contribution is 2.31. The lowest BCUT2D eigenvalue weighted by Gasteiger charge is -2.08. The second-order valence-corrected chi connectivity index (χ2v) is 5.18. The standard InChI is InChI=1S/C9H11N5S2/c1-5-7(10-3)12-6(2)13-8(5)16-9-14-11-4-15-9/h4H,1-3H3,(H,10,12,13). The summed E-state index contributed by atoms with van der Waals surface area (Å²) in [5.74, 6) is 1.61. The van der Waals surface area contributed by atoms with E-state index in [0.717, 1.165) is 26.6 Å². The summed E-state index contributed by atoms with van der Waals surface area (Å²) in [4.78, 5) is 8.72. The molecule has 0 bridgehead atoms. The van der Waals surface area contributed by atoms with E-state index in [0.29, 0.717) is 0 Å². The van der Waals surface area contributed by atoms with Crippen molar-refractivity contribution in [3.63, 3.8) is 0 Å². The molecule has 0 aliphatic heterocycles. The zero-order valence-electron chi connectivity index (χ0n) is 9.18. The summed E-state index contributed by atoms with van der Waals surface area (Å²) in [5.41, 5.74) is 2.75. The Balaban J connectivity index is 2.36. The van der Waals surface area contributed by atoms with Crippen LogP contribution in [0.2, 0.25) is 0 Å². The first-order valence-electron chi connectivity index (χ1n) is 4.67. The van der Waals surface area contributed by atoms with Crippen LogP contribution >= 0.6 is 23.1 Å². The summed E-state index contributed by atoms with van der Waals surface area (Å²) in [5, 5.41) is 11.8. The SMILES string of the molecule is CNc1nc(C)nc(Sc2nncs2)c1C. The minimum Gasteiger partial charge on any atom is -0.373 e. The summed E-state index contributed by atoms with van der Waals surface area (Å²) in [6.45, 7) is 3.87. The molecule has 5 nitrogen and oxygen atoms in total. The third-order valence-corrected chi connectivity index (χ3v) is 3.84. The molecule has 1 N–H and O–H groups in total. The van der Waals surface area contributed by atoms with E-state index in [1.54, 1.807) is 5.51 Å². The van der Waals surface area contributed by atoms with Crippen LogP contribution in [-0.4, -0.2) is 27.2 Å². The molecule has 16 heavy (non-hydrogen) atoms. The molecule has 0 aliphatic rings. The molecule has 0 unspecified atom stereocenters. The van der Waals surface area contributed by atoms with Crippen LogP contribution in [0.5, 0.6) is 0 Å². The lowest BCUT2D eigenvalue weighted by atomic mass is 10.3. The predicted molar refractivity (Wildman–Crippen MR) is 65.1 cm³/mol. The van der Waals surface area contributed by atoms with Gasteiger partial charge < -0.3 is 5.32 Å². The Morgan fingerprint density at radius 3 is 2.75 bits per heavy atom. The highest BCUT2D eigenvalue weighted by molar-refractivity contribution is 8.01. The first kappa shape index (κ1) is 11.3. The van der Waals surface area contributed by atoms with Crippen LogP contribution in [0.3, 0.4) is 0 Å². The van der Waals surface area contributed by atoms with Crippen LogP contribution in [0.1, 0.15) is 11.4 Å². The Bertz CT molecular complexity index is 483. The van der Waals surface area contributed by atoms with Gasteiger partial charge in [0.15, 0.2) is 4.34 Å². The fourth-order valence-electron chi connectivity index (χ4n) is 1.24. The molecule has 2 aromatic heterocycles. The Morgan fingerprint density at radius 1 is 1.31 bits per heavy atom. The average Bonchev–Trinajstić information content (AvgIpc) is 2.75. The van der Waals surface area contributed by atoms with Gasteiger partial charge in [0.1, 0.15) is 22.2 Å². The number of hydrogen-bond donors (Lipinski definition) is 1. The summed E-state index contributed by atoms with van der Waals surface area (Å²) in [6, 6.07) is 0. The van der Waals surface area contributed by atoms with Crippen molar-refractivity contribution >= 4 is 28.9 Å². The maximum absolute atomic E-state index is 4.41. The number of anilines is 1. The molecule has 0 aliphatic carbocycles. The quantitative estimate of drug-likeness (QED) is 0.845. The largest absolute Gasteiger partial charge is 0.373 e. The predicted octanol–water partition coefficient (Wildman–Crippen LogP) is 2.14. The van der Waals surface area contributed by atoms with E-state index < -0.39 is 0 Å². The van der Waals surface area contributed by atoms with E-state index in [1.807, 2.05) is 20.9 Å². The van der Waals surface area contributed by atoms with Crippen molar-refractivity contribution in [2.75, 3.05) is 12.4 Å². The zero-order valence-corrected chi connectivity index (χ0v) is 10.8. The third kappa shape index (κ3) is 2.30. The molecule has 2 rings (SSSR count). The van der Waals surface area contributed by atoms with Gasteiger partial charge in [-0.25, -0.2) is 9.97 Å². The smallest absolute Gasteiger partial charge is 0.180 e. The zero-order chi connectivity index (χ0) is 11.5. The van der Waals surface area contributed by atoms with Crippen molar-refractivity contribution < 1.29 is 0 Å². The fourth-order valence-corrected chi connectivity index (χ4v) is 2.75. The number of rotatable bonds is 3. The van der Waals surface area contributed by atoms with Crippen molar-refractivity contribution in [2.24, 2.45) is 0 Å². The van der Waals surface area contributed by atoms with Crippen molar-refractivity contribution in [3.05, 3.63) is 16.9 Å². The second kappa shape index (κ2) is 4.75. The highest BCUT2D eigenvalue weighted by Gasteiger charge is 2.10. The summed E-state index contributed by atoms with van der Waals surface area (Å²) >= 11 is 3.02. The van der Waals surface area contributed by atoms with E-state index in [4.69, 9.17) is 0 Å². The van der Waals surface area contributed by atoms with Gasteiger partial charge in [-0.15, -0.1) is 10.2 Å². The Hall–Kier alpha value is -1.21. The molecule has 0 spiro atoms. The van der Waals surface area contributed by atoms with Crippen LogP contribution in [0, 0.1) is 13.8 Å². The molecular weight excluding hydrogens is 242 g/mol. The normalized spacial score (nSPS) is 10.4. The summed E-state index contributed by atoms with van der Waals surface area (Å²) < 4.78 is 0.892. The molecule has 0 atom stereocenters. The summed E-state index contributed by atoms with van der Waals surface area (Å²) in [7, 11) is 1.86. The molecule has 0 saturated heterocycles. The Kier molecular flexibility index (Phi) is 3.35. The van der Waals surface area contributed by atoms with Gasteiger partial charge in [0.2, 0.25) is 0 Å². The van der Waals surface area contributed by atoms with E-state index >= 15 is 0 Å². The van der Waals surface area contributed by atoms with Crippen LogP contribution in [0.15, 0.2) is 14.9 Å². The second-order valence-electron chi connectivity index (χ2n) is 3.11. The van der Waals surface area contributed by atoms with Crippen LogP contribution < -0.4 is 5.32 Å². The number of hydrogen-bond acceptors (Lipinski definition) is 7. The molecule has 2 aromatic rings. The van der Waals surface area contributed by atoms with Crippen molar-refractivity contribution in [3.8, 4) is 0 Å². The lowest BCUT2D eigenvalue weighted by Crippen LogP contribution is -2.01. The topological polar surface area (TPSA) is 63.6 Å². The van der Waals surface area contributed by atoms with Gasteiger partial charge >= 0.3 is 0 Å². The van der Waals surface area contributed by atoms with Crippen molar-refractivity contribution in [2.45, 2.75) is 23.2 Å². The maximum Gasteiger partial charge on any atom is 0.180 e. The fraction of sp³-hybridized carbons (Fsp3) is 0.333. The summed E-state index contributed by atoms with van der Waals surface area (Å²) in [6.07, 6.45) is 0. The highest BCUT2D eigenvalue weighted by atomic mass is 32.2. The first-order chi connectivity index (χ1) is 7.70. The van der Waals surface area contributed by atoms with Crippen molar-refractivity contribution in [1.29, 1.82) is 0 Å². The third-order valence-electron chi connectivity index (χ3n) is 1.97. The molecule has 0 amide bonds. The van der Waals surface area contributed by atoms with Gasteiger partial charge in [-0.05, 0) is 25.6 Å². The number of aryl methyl sites for hydroxylation is 1.